The molecule has 0 N–H and O–H groups in total. The second-order valence-corrected chi connectivity index (χ2v) is 7.88. The molecule has 3 rings (SSSR count). The number of esters is 1. The van der Waals surface area contributed by atoms with Crippen molar-refractivity contribution in [2.75, 3.05) is 13.7 Å². The van der Waals surface area contributed by atoms with Gasteiger partial charge in [0.2, 0.25) is 0 Å². The van der Waals surface area contributed by atoms with Gasteiger partial charge in [-0.3, -0.25) is 9.36 Å². The number of aromatic nitrogens is 2. The molecule has 7 heteroatoms. The lowest BCUT2D eigenvalue weighted by Gasteiger charge is -2.17. The zero-order valence-corrected chi connectivity index (χ0v) is 15.5. The lowest BCUT2D eigenvalue weighted by molar-refractivity contribution is 0.0601. The van der Waals surface area contributed by atoms with Gasteiger partial charge in [-0.25, -0.2) is 9.78 Å². The number of rotatable bonds is 5. The number of benzene rings is 1. The van der Waals surface area contributed by atoms with Gasteiger partial charge < -0.3 is 9.47 Å². The SMILES string of the molecule is COC(=O)c1ccc2c(=O)n(CC3CCCO3)c(SC(C)C)nc2c1. The standard InChI is InChI=1S/C18H22N2O4S/c1-11(2)25-18-19-15-9-12(17(22)23-3)6-7-14(15)16(21)20(18)10-13-5-4-8-24-13/h6-7,9,11,13H,4-5,8,10H2,1-3H3. The highest BCUT2D eigenvalue weighted by Gasteiger charge is 2.21. The van der Waals surface area contributed by atoms with Crippen LogP contribution in [0.4, 0.5) is 0 Å². The van der Waals surface area contributed by atoms with Gasteiger partial charge >= 0.3 is 5.97 Å². The number of carbonyl (C=O) groups is 1. The first-order chi connectivity index (χ1) is 12.0. The third-order valence-corrected chi connectivity index (χ3v) is 5.09. The molecular formula is C18H22N2O4S. The number of hydrogen-bond donors (Lipinski definition) is 0. The molecule has 1 unspecified atom stereocenters. The lowest BCUT2D eigenvalue weighted by atomic mass is 10.1. The third-order valence-electron chi connectivity index (χ3n) is 4.09. The van der Waals surface area contributed by atoms with Crippen LogP contribution in [0.3, 0.4) is 0 Å². The predicted octanol–water partition coefficient (Wildman–Crippen LogP) is 2.86. The zero-order valence-electron chi connectivity index (χ0n) is 14.7. The van der Waals surface area contributed by atoms with Gasteiger partial charge in [0, 0.05) is 11.9 Å². The summed E-state index contributed by atoms with van der Waals surface area (Å²) in [6.45, 7) is 5.37. The Morgan fingerprint density at radius 1 is 1.48 bits per heavy atom. The van der Waals surface area contributed by atoms with E-state index >= 15 is 0 Å². The fraction of sp³-hybridized carbons (Fsp3) is 0.500. The van der Waals surface area contributed by atoms with Crippen molar-refractivity contribution in [3.8, 4) is 0 Å². The maximum Gasteiger partial charge on any atom is 0.337 e. The molecule has 0 bridgehead atoms. The molecule has 2 aromatic rings. The molecule has 1 aliphatic heterocycles. The summed E-state index contributed by atoms with van der Waals surface area (Å²) in [5.41, 5.74) is 0.805. The van der Waals surface area contributed by atoms with Crippen LogP contribution in [0.25, 0.3) is 10.9 Å². The second-order valence-electron chi connectivity index (χ2n) is 6.34. The summed E-state index contributed by atoms with van der Waals surface area (Å²) in [4.78, 5) is 29.4. The van der Waals surface area contributed by atoms with Crippen LogP contribution in [0.5, 0.6) is 0 Å². The minimum Gasteiger partial charge on any atom is -0.465 e. The van der Waals surface area contributed by atoms with Crippen molar-refractivity contribution in [2.24, 2.45) is 0 Å². The van der Waals surface area contributed by atoms with Crippen molar-refractivity contribution in [2.45, 2.75) is 49.7 Å². The van der Waals surface area contributed by atoms with Gasteiger partial charge in [-0.05, 0) is 31.0 Å². The molecule has 1 aromatic carbocycles. The van der Waals surface area contributed by atoms with Crippen LogP contribution in [0.2, 0.25) is 0 Å². The first-order valence-corrected chi connectivity index (χ1v) is 9.28. The monoisotopic (exact) mass is 362 g/mol. The van der Waals surface area contributed by atoms with Gasteiger partial charge in [0.05, 0.1) is 36.2 Å². The Kier molecular flexibility index (Phi) is 5.44. The molecule has 1 aliphatic rings. The van der Waals surface area contributed by atoms with Gasteiger partial charge in [-0.15, -0.1) is 0 Å². The van der Waals surface area contributed by atoms with Crippen LogP contribution in [0, 0.1) is 0 Å². The minimum absolute atomic E-state index is 0.0535. The Morgan fingerprint density at radius 2 is 2.28 bits per heavy atom. The predicted molar refractivity (Wildman–Crippen MR) is 97.3 cm³/mol. The van der Waals surface area contributed by atoms with Crippen molar-refractivity contribution in [1.82, 2.24) is 9.55 Å². The molecule has 1 aromatic heterocycles. The quantitative estimate of drug-likeness (QED) is 0.463. The normalized spacial score (nSPS) is 17.4. The van der Waals surface area contributed by atoms with Crippen LogP contribution < -0.4 is 5.56 Å². The summed E-state index contributed by atoms with van der Waals surface area (Å²) < 4.78 is 12.2. The maximum atomic E-state index is 13.0. The van der Waals surface area contributed by atoms with Gasteiger partial charge in [0.15, 0.2) is 5.16 Å². The summed E-state index contributed by atoms with van der Waals surface area (Å²) in [5.74, 6) is -0.440. The van der Waals surface area contributed by atoms with Gasteiger partial charge in [-0.2, -0.15) is 0 Å². The molecule has 0 aliphatic carbocycles. The summed E-state index contributed by atoms with van der Waals surface area (Å²) in [6, 6.07) is 4.86. The van der Waals surface area contributed by atoms with E-state index in [4.69, 9.17) is 9.47 Å². The highest BCUT2D eigenvalue weighted by Crippen LogP contribution is 2.24. The molecule has 1 saturated heterocycles. The van der Waals surface area contributed by atoms with Crippen molar-refractivity contribution in [3.05, 3.63) is 34.1 Å². The molecule has 6 nitrogen and oxygen atoms in total. The number of thioether (sulfide) groups is 1. The van der Waals surface area contributed by atoms with E-state index in [-0.39, 0.29) is 16.9 Å². The smallest absolute Gasteiger partial charge is 0.337 e. The molecule has 0 saturated carbocycles. The van der Waals surface area contributed by atoms with Gasteiger partial charge in [-0.1, -0.05) is 25.6 Å². The highest BCUT2D eigenvalue weighted by atomic mass is 32.2. The largest absolute Gasteiger partial charge is 0.465 e. The topological polar surface area (TPSA) is 70.4 Å². The maximum absolute atomic E-state index is 13.0. The average molecular weight is 362 g/mol. The van der Waals surface area contributed by atoms with E-state index in [9.17, 15) is 9.59 Å². The Labute approximate surface area is 150 Å². The molecule has 134 valence electrons. The number of ether oxygens (including phenoxy) is 2. The van der Waals surface area contributed by atoms with Crippen molar-refractivity contribution in [1.29, 1.82) is 0 Å². The number of nitrogens with zero attached hydrogens (tertiary/aromatic N) is 2. The van der Waals surface area contributed by atoms with Gasteiger partial charge in [0.25, 0.3) is 5.56 Å². The second kappa shape index (κ2) is 7.58. The number of carbonyl (C=O) groups excluding carboxylic acids is 1. The van der Waals surface area contributed by atoms with Crippen LogP contribution in [0.15, 0.2) is 28.2 Å². The average Bonchev–Trinajstić information content (AvgIpc) is 3.09. The Bertz CT molecular complexity index is 841. The van der Waals surface area contributed by atoms with Crippen molar-refractivity contribution in [3.63, 3.8) is 0 Å². The fourth-order valence-electron chi connectivity index (χ4n) is 2.90. The zero-order chi connectivity index (χ0) is 18.0. The van der Waals surface area contributed by atoms with E-state index in [2.05, 4.69) is 18.8 Å². The van der Waals surface area contributed by atoms with Crippen molar-refractivity contribution < 1.29 is 14.3 Å². The van der Waals surface area contributed by atoms with E-state index in [0.29, 0.717) is 28.2 Å². The molecule has 2 heterocycles. The van der Waals surface area contributed by atoms with Crippen LogP contribution in [-0.4, -0.2) is 40.6 Å². The first-order valence-electron chi connectivity index (χ1n) is 8.40. The Balaban J connectivity index is 2.10. The minimum atomic E-state index is -0.440. The summed E-state index contributed by atoms with van der Waals surface area (Å²) in [6.07, 6.45) is 2.03. The molecule has 25 heavy (non-hydrogen) atoms. The highest BCUT2D eigenvalue weighted by molar-refractivity contribution is 7.99. The molecule has 0 radical (unpaired) electrons. The van der Waals surface area contributed by atoms with Crippen LogP contribution in [-0.2, 0) is 16.0 Å². The Hall–Kier alpha value is -1.86. The van der Waals surface area contributed by atoms with Gasteiger partial charge in [0.1, 0.15) is 0 Å². The molecule has 0 amide bonds. The lowest BCUT2D eigenvalue weighted by Crippen LogP contribution is -2.29. The summed E-state index contributed by atoms with van der Waals surface area (Å²) >= 11 is 1.54. The number of methoxy groups -OCH3 is 1. The fourth-order valence-corrected chi connectivity index (χ4v) is 3.76. The molecule has 1 atom stereocenters. The summed E-state index contributed by atoms with van der Waals surface area (Å²) in [5, 5.41) is 1.44. The molecule has 0 spiro atoms. The van der Waals surface area contributed by atoms with E-state index < -0.39 is 5.97 Å². The van der Waals surface area contributed by atoms with Crippen LogP contribution >= 0.6 is 11.8 Å². The summed E-state index contributed by atoms with van der Waals surface area (Å²) in [7, 11) is 1.33. The van der Waals surface area contributed by atoms with E-state index in [0.717, 1.165) is 19.4 Å². The van der Waals surface area contributed by atoms with E-state index in [1.807, 2.05) is 0 Å². The Morgan fingerprint density at radius 3 is 2.92 bits per heavy atom. The third kappa shape index (κ3) is 3.88. The molecular weight excluding hydrogens is 340 g/mol. The molecule has 1 fully saturated rings. The number of hydrogen-bond acceptors (Lipinski definition) is 6. The van der Waals surface area contributed by atoms with Crippen molar-refractivity contribution >= 4 is 28.6 Å². The van der Waals surface area contributed by atoms with Crippen LogP contribution in [0.1, 0.15) is 37.0 Å². The number of fused-ring (bicyclic) bond motifs is 1. The first kappa shape index (κ1) is 17.9. The van der Waals surface area contributed by atoms with E-state index in [1.165, 1.54) is 18.9 Å². The van der Waals surface area contributed by atoms with E-state index in [1.54, 1.807) is 22.8 Å².